The summed E-state index contributed by atoms with van der Waals surface area (Å²) >= 11 is 0. The van der Waals surface area contributed by atoms with Crippen LogP contribution in [0.1, 0.15) is 36.0 Å². The van der Waals surface area contributed by atoms with Crippen LogP contribution in [0.15, 0.2) is 36.4 Å². The van der Waals surface area contributed by atoms with E-state index in [0.717, 1.165) is 36.9 Å². The Morgan fingerprint density at radius 2 is 2.00 bits per heavy atom. The standard InChI is InChI=1S/C27H32N2O6/c1-29-12-11-26-22-16-5-8-20(31)23(22)35-24(26)18(9-10-27(26,34-2)21(29)14-16)28-19(25(32)33)13-15-3-6-17(30)7-4-15/h3-8,18-19,21,24,28,30-31H,9-14H2,1-2H3,(H,32,33)/t18-,19?,21?,24+,26+,27-/m1/s1. The summed E-state index contributed by atoms with van der Waals surface area (Å²) in [7, 11) is 3.94. The number of phenols is 2. The van der Waals surface area contributed by atoms with Gasteiger partial charge in [-0.1, -0.05) is 18.2 Å². The zero-order valence-corrected chi connectivity index (χ0v) is 20.0. The summed E-state index contributed by atoms with van der Waals surface area (Å²) in [5.41, 5.74) is 2.15. The van der Waals surface area contributed by atoms with Gasteiger partial charge in [-0.25, -0.2) is 0 Å². The highest BCUT2D eigenvalue weighted by atomic mass is 16.5. The average molecular weight is 481 g/mol. The monoisotopic (exact) mass is 480 g/mol. The van der Waals surface area contributed by atoms with Gasteiger partial charge in [-0.2, -0.15) is 0 Å². The van der Waals surface area contributed by atoms with Crippen molar-refractivity contribution in [2.24, 2.45) is 0 Å². The Hall–Kier alpha value is -2.81. The second-order valence-corrected chi connectivity index (χ2v) is 10.6. The highest BCUT2D eigenvalue weighted by molar-refractivity contribution is 5.74. The molecule has 6 rings (SSSR count). The van der Waals surface area contributed by atoms with Crippen LogP contribution in [0.4, 0.5) is 0 Å². The van der Waals surface area contributed by atoms with Gasteiger partial charge in [-0.05, 0) is 75.0 Å². The van der Waals surface area contributed by atoms with Gasteiger partial charge in [0.1, 0.15) is 17.9 Å². The maximum Gasteiger partial charge on any atom is 0.321 e. The van der Waals surface area contributed by atoms with Gasteiger partial charge < -0.3 is 29.7 Å². The van der Waals surface area contributed by atoms with Crippen molar-refractivity contribution >= 4 is 5.97 Å². The summed E-state index contributed by atoms with van der Waals surface area (Å²) in [6, 6.07) is 9.50. The Kier molecular flexibility index (Phi) is 5.08. The number of likely N-dealkylation sites (N-methyl/N-ethyl adjacent to an activating group) is 1. The summed E-state index contributed by atoms with van der Waals surface area (Å²) in [5.74, 6) is -0.107. The number of methoxy groups -OCH3 is 1. The molecule has 4 aliphatic rings. The topological polar surface area (TPSA) is 111 Å². The molecule has 8 heteroatoms. The van der Waals surface area contributed by atoms with Crippen molar-refractivity contribution in [1.29, 1.82) is 0 Å². The third-order valence-electron chi connectivity index (χ3n) is 9.14. The first kappa shape index (κ1) is 22.6. The normalized spacial score (nSPS) is 33.6. The van der Waals surface area contributed by atoms with E-state index in [1.54, 1.807) is 37.4 Å². The quantitative estimate of drug-likeness (QED) is 0.498. The lowest BCUT2D eigenvalue weighted by molar-refractivity contribution is -0.204. The van der Waals surface area contributed by atoms with Gasteiger partial charge in [0.2, 0.25) is 0 Å². The zero-order chi connectivity index (χ0) is 24.5. The molecule has 2 fully saturated rings. The van der Waals surface area contributed by atoms with E-state index in [2.05, 4.69) is 17.3 Å². The highest BCUT2D eigenvalue weighted by Gasteiger charge is 2.73. The molecule has 2 aromatic rings. The van der Waals surface area contributed by atoms with Crippen molar-refractivity contribution in [3.8, 4) is 17.2 Å². The maximum atomic E-state index is 12.3. The SMILES string of the molecule is CO[C@@]12CC[C@@H](NC(Cc3ccc(O)cc3)C(=O)O)[C@@H]3Oc4c(O)ccc5c4[C@@]31CCN(C)C2C5. The molecule has 2 unspecified atom stereocenters. The molecule has 6 atom stereocenters. The van der Waals surface area contributed by atoms with Gasteiger partial charge in [0, 0.05) is 24.8 Å². The molecule has 35 heavy (non-hydrogen) atoms. The molecule has 0 amide bonds. The van der Waals surface area contributed by atoms with E-state index in [1.165, 1.54) is 5.56 Å². The Labute approximate surface area is 204 Å². The molecule has 0 aromatic heterocycles. The molecule has 2 heterocycles. The Bertz CT molecular complexity index is 1170. The third kappa shape index (κ3) is 3.00. The Morgan fingerprint density at radius 3 is 2.71 bits per heavy atom. The van der Waals surface area contributed by atoms with Gasteiger partial charge in [-0.15, -0.1) is 0 Å². The number of carboxylic acids is 1. The number of ether oxygens (including phenoxy) is 2. The van der Waals surface area contributed by atoms with Crippen molar-refractivity contribution in [3.63, 3.8) is 0 Å². The number of nitrogens with one attached hydrogen (secondary N) is 1. The molecular weight excluding hydrogens is 448 g/mol. The molecule has 1 saturated carbocycles. The first-order valence-corrected chi connectivity index (χ1v) is 12.3. The number of carboxylic acid groups (broad SMARTS) is 1. The fourth-order valence-corrected chi connectivity index (χ4v) is 7.65. The minimum Gasteiger partial charge on any atom is -0.508 e. The van der Waals surface area contributed by atoms with Gasteiger partial charge in [-0.3, -0.25) is 10.1 Å². The van der Waals surface area contributed by atoms with E-state index in [9.17, 15) is 20.1 Å². The van der Waals surface area contributed by atoms with Gasteiger partial charge in [0.15, 0.2) is 11.5 Å². The van der Waals surface area contributed by atoms with E-state index < -0.39 is 23.0 Å². The number of hydrogen-bond acceptors (Lipinski definition) is 7. The molecule has 2 bridgehead atoms. The van der Waals surface area contributed by atoms with Crippen LogP contribution in [0.5, 0.6) is 17.2 Å². The van der Waals surface area contributed by atoms with Crippen LogP contribution in [-0.2, 0) is 27.8 Å². The van der Waals surface area contributed by atoms with Crippen LogP contribution >= 0.6 is 0 Å². The van der Waals surface area contributed by atoms with Gasteiger partial charge in [0.05, 0.1) is 11.0 Å². The van der Waals surface area contributed by atoms with Crippen LogP contribution in [-0.4, -0.2) is 76.7 Å². The summed E-state index contributed by atoms with van der Waals surface area (Å²) in [4.78, 5) is 14.7. The first-order valence-electron chi connectivity index (χ1n) is 12.3. The molecule has 2 aliphatic heterocycles. The third-order valence-corrected chi connectivity index (χ3v) is 9.14. The van der Waals surface area contributed by atoms with Crippen LogP contribution in [0.3, 0.4) is 0 Å². The van der Waals surface area contributed by atoms with Crippen molar-refractivity contribution in [3.05, 3.63) is 53.1 Å². The number of nitrogens with zero attached hydrogens (tertiary/aromatic N) is 1. The van der Waals surface area contributed by atoms with Crippen LogP contribution in [0.2, 0.25) is 0 Å². The number of hydrogen-bond donors (Lipinski definition) is 4. The fraction of sp³-hybridized carbons (Fsp3) is 0.519. The average Bonchev–Trinajstić information content (AvgIpc) is 3.20. The summed E-state index contributed by atoms with van der Waals surface area (Å²) in [6.07, 6.45) is 3.06. The lowest BCUT2D eigenvalue weighted by Crippen LogP contribution is -2.78. The fourth-order valence-electron chi connectivity index (χ4n) is 7.65. The number of phenolic OH excluding ortho intramolecular Hbond substituents is 2. The number of piperidine rings is 1. The van der Waals surface area contributed by atoms with Crippen LogP contribution in [0.25, 0.3) is 0 Å². The number of benzene rings is 2. The van der Waals surface area contributed by atoms with Crippen LogP contribution in [0, 0.1) is 0 Å². The van der Waals surface area contributed by atoms with Crippen molar-refractivity contribution in [1.82, 2.24) is 10.2 Å². The molecule has 4 N–H and O–H groups in total. The first-order chi connectivity index (χ1) is 16.8. The van der Waals surface area contributed by atoms with Crippen molar-refractivity contribution in [2.45, 2.75) is 67.3 Å². The predicted octanol–water partition coefficient (Wildman–Crippen LogP) is 2.19. The summed E-state index contributed by atoms with van der Waals surface area (Å²) in [5, 5.41) is 33.9. The number of aliphatic carboxylic acids is 1. The molecule has 8 nitrogen and oxygen atoms in total. The van der Waals surface area contributed by atoms with E-state index in [1.807, 2.05) is 6.07 Å². The highest BCUT2D eigenvalue weighted by Crippen LogP contribution is 2.66. The van der Waals surface area contributed by atoms with Crippen molar-refractivity contribution < 1.29 is 29.6 Å². The minimum atomic E-state index is -0.928. The molecule has 0 radical (unpaired) electrons. The minimum absolute atomic E-state index is 0.132. The zero-order valence-electron chi connectivity index (χ0n) is 20.0. The van der Waals surface area contributed by atoms with E-state index in [0.29, 0.717) is 12.2 Å². The second-order valence-electron chi connectivity index (χ2n) is 10.6. The molecule has 2 aromatic carbocycles. The van der Waals surface area contributed by atoms with Gasteiger partial charge >= 0.3 is 5.97 Å². The number of aromatic hydroxyl groups is 2. The van der Waals surface area contributed by atoms with Crippen molar-refractivity contribution in [2.75, 3.05) is 20.7 Å². The van der Waals surface area contributed by atoms with E-state index in [-0.39, 0.29) is 36.1 Å². The maximum absolute atomic E-state index is 12.3. The lowest BCUT2D eigenvalue weighted by Gasteiger charge is -2.65. The second kappa shape index (κ2) is 7.85. The number of carbonyl (C=O) groups is 1. The summed E-state index contributed by atoms with van der Waals surface area (Å²) < 4.78 is 13.0. The molecular formula is C27H32N2O6. The van der Waals surface area contributed by atoms with Crippen LogP contribution < -0.4 is 10.1 Å². The Balaban J connectivity index is 1.40. The molecule has 1 spiro atoms. The molecule has 186 valence electrons. The largest absolute Gasteiger partial charge is 0.508 e. The Morgan fingerprint density at radius 1 is 1.23 bits per heavy atom. The predicted molar refractivity (Wildman–Crippen MR) is 128 cm³/mol. The number of likely N-dealkylation sites (tertiary alicyclic amines) is 1. The lowest BCUT2D eigenvalue weighted by atomic mass is 9.48. The number of rotatable bonds is 6. The molecule has 2 aliphatic carbocycles. The summed E-state index contributed by atoms with van der Waals surface area (Å²) in [6.45, 7) is 0.882. The van der Waals surface area contributed by atoms with Gasteiger partial charge in [0.25, 0.3) is 0 Å². The van der Waals surface area contributed by atoms with E-state index >= 15 is 0 Å². The molecule has 1 saturated heterocycles. The van der Waals surface area contributed by atoms with E-state index in [4.69, 9.17) is 9.47 Å². The smallest absolute Gasteiger partial charge is 0.321 e.